The third kappa shape index (κ3) is 5.69. The maximum Gasteiger partial charge on any atom is 0.260 e. The lowest BCUT2D eigenvalue weighted by Gasteiger charge is -2.21. The number of anilines is 1. The van der Waals surface area contributed by atoms with E-state index in [1.54, 1.807) is 17.3 Å². The number of fused-ring (bicyclic) bond motifs is 1. The second-order valence-electron chi connectivity index (χ2n) is 8.60. The average molecular weight is 533 g/mol. The molecule has 7 nitrogen and oxygen atoms in total. The first-order valence-electron chi connectivity index (χ1n) is 11.6. The summed E-state index contributed by atoms with van der Waals surface area (Å²) in [5.41, 5.74) is 4.25. The highest BCUT2D eigenvalue weighted by Crippen LogP contribution is 2.33. The van der Waals surface area contributed by atoms with Crippen molar-refractivity contribution in [2.45, 2.75) is 25.3 Å². The van der Waals surface area contributed by atoms with Gasteiger partial charge in [-0.05, 0) is 66.9 Å². The van der Waals surface area contributed by atoms with E-state index in [4.69, 9.17) is 4.98 Å². The number of thiazole rings is 1. The largest absolute Gasteiger partial charge is 0.279 e. The van der Waals surface area contributed by atoms with Gasteiger partial charge in [-0.3, -0.25) is 14.7 Å². The summed E-state index contributed by atoms with van der Waals surface area (Å²) in [5, 5.41) is 0.567. The van der Waals surface area contributed by atoms with Crippen molar-refractivity contribution in [3.8, 4) is 0 Å². The fourth-order valence-corrected chi connectivity index (χ4v) is 6.53. The van der Waals surface area contributed by atoms with Gasteiger partial charge in [0.25, 0.3) is 5.91 Å². The van der Waals surface area contributed by atoms with E-state index in [0.29, 0.717) is 10.7 Å². The Labute approximate surface area is 221 Å². The van der Waals surface area contributed by atoms with E-state index in [2.05, 4.69) is 30.3 Å². The minimum Gasteiger partial charge on any atom is -0.279 e. The summed E-state index contributed by atoms with van der Waals surface area (Å²) in [4.78, 5) is 24.4. The molecule has 0 fully saturated rings. The molecule has 0 aliphatic rings. The number of amides is 1. The zero-order valence-electron chi connectivity index (χ0n) is 20.8. The van der Waals surface area contributed by atoms with Gasteiger partial charge in [-0.2, -0.15) is 4.31 Å². The van der Waals surface area contributed by atoms with Crippen LogP contribution in [0.4, 0.5) is 5.13 Å². The zero-order valence-corrected chi connectivity index (χ0v) is 22.4. The predicted molar refractivity (Wildman–Crippen MR) is 149 cm³/mol. The predicted octanol–water partition coefficient (Wildman–Crippen LogP) is 5.52. The maximum atomic E-state index is 13.8. The Morgan fingerprint density at radius 2 is 1.76 bits per heavy atom. The minimum atomic E-state index is -3.77. The average Bonchev–Trinajstić information content (AvgIpc) is 3.31. The van der Waals surface area contributed by atoms with Gasteiger partial charge in [-0.1, -0.05) is 35.6 Å². The number of carbonyl (C=O) groups is 1. The first-order valence-corrected chi connectivity index (χ1v) is 13.9. The molecule has 9 heteroatoms. The van der Waals surface area contributed by atoms with Gasteiger partial charge in [0.1, 0.15) is 0 Å². The standard InChI is InChI=1S/C28H28N4O3S2/c1-5-14-31(15-6-2)37(34,35)24-11-9-23(10-12-24)27(33)32(19-22-8-7-13-29-18-22)28-30-26-21(4)16-20(3)17-25(26)36-28/h5-13,16-18H,1-2,14-15,19H2,3-4H3. The summed E-state index contributed by atoms with van der Waals surface area (Å²) in [7, 11) is -3.77. The molecule has 0 N–H and O–H groups in total. The highest BCUT2D eigenvalue weighted by atomic mass is 32.2. The Kier molecular flexibility index (Phi) is 7.97. The fourth-order valence-electron chi connectivity index (χ4n) is 4.01. The molecule has 2 heterocycles. The third-order valence-electron chi connectivity index (χ3n) is 5.76. The van der Waals surface area contributed by atoms with E-state index in [1.165, 1.54) is 52.1 Å². The van der Waals surface area contributed by atoms with Gasteiger partial charge in [0.15, 0.2) is 5.13 Å². The lowest BCUT2D eigenvalue weighted by atomic mass is 10.1. The molecule has 0 spiro atoms. The van der Waals surface area contributed by atoms with E-state index in [9.17, 15) is 13.2 Å². The first kappa shape index (κ1) is 26.4. The number of rotatable bonds is 10. The highest BCUT2D eigenvalue weighted by molar-refractivity contribution is 7.89. The number of benzene rings is 2. The summed E-state index contributed by atoms with van der Waals surface area (Å²) >= 11 is 1.45. The van der Waals surface area contributed by atoms with Gasteiger partial charge in [-0.15, -0.1) is 13.2 Å². The Morgan fingerprint density at radius 1 is 1.05 bits per heavy atom. The van der Waals surface area contributed by atoms with Crippen LogP contribution in [0.25, 0.3) is 10.2 Å². The van der Waals surface area contributed by atoms with E-state index in [0.717, 1.165) is 26.9 Å². The van der Waals surface area contributed by atoms with Crippen LogP contribution in [0.2, 0.25) is 0 Å². The summed E-state index contributed by atoms with van der Waals surface area (Å²) < 4.78 is 28.4. The van der Waals surface area contributed by atoms with Crippen LogP contribution in [0.3, 0.4) is 0 Å². The van der Waals surface area contributed by atoms with E-state index in [1.807, 2.05) is 26.0 Å². The van der Waals surface area contributed by atoms with Gasteiger partial charge in [0.2, 0.25) is 10.0 Å². The summed E-state index contributed by atoms with van der Waals surface area (Å²) in [6, 6.07) is 13.8. The van der Waals surface area contributed by atoms with E-state index < -0.39 is 10.0 Å². The number of sulfonamides is 1. The molecule has 190 valence electrons. The van der Waals surface area contributed by atoms with E-state index in [-0.39, 0.29) is 30.4 Å². The zero-order chi connectivity index (χ0) is 26.6. The van der Waals surface area contributed by atoms with Crippen molar-refractivity contribution in [3.05, 3.63) is 108 Å². The minimum absolute atomic E-state index is 0.0950. The molecule has 4 rings (SSSR count). The smallest absolute Gasteiger partial charge is 0.260 e. The van der Waals surface area contributed by atoms with Crippen LogP contribution < -0.4 is 4.90 Å². The molecule has 0 unspecified atom stereocenters. The Bertz CT molecular complexity index is 1540. The van der Waals surface area contributed by atoms with Crippen molar-refractivity contribution in [2.24, 2.45) is 0 Å². The molecule has 37 heavy (non-hydrogen) atoms. The molecule has 0 saturated carbocycles. The second kappa shape index (κ2) is 11.2. The number of nitrogens with zero attached hydrogens (tertiary/aromatic N) is 4. The lowest BCUT2D eigenvalue weighted by Crippen LogP contribution is -2.32. The number of carbonyl (C=O) groups excluding carboxylic acids is 1. The second-order valence-corrected chi connectivity index (χ2v) is 11.5. The summed E-state index contributed by atoms with van der Waals surface area (Å²) in [5.74, 6) is -0.282. The molecule has 2 aromatic heterocycles. The normalized spacial score (nSPS) is 11.5. The lowest BCUT2D eigenvalue weighted by molar-refractivity contribution is 0.0985. The number of aryl methyl sites for hydroxylation is 2. The fraction of sp³-hybridized carbons (Fsp3) is 0.179. The Morgan fingerprint density at radius 3 is 2.38 bits per heavy atom. The van der Waals surface area contributed by atoms with Crippen molar-refractivity contribution < 1.29 is 13.2 Å². The van der Waals surface area contributed by atoms with Gasteiger partial charge in [-0.25, -0.2) is 13.4 Å². The van der Waals surface area contributed by atoms with Crippen molar-refractivity contribution >= 4 is 42.6 Å². The SMILES string of the molecule is C=CCN(CC=C)S(=O)(=O)c1ccc(C(=O)N(Cc2cccnc2)c2nc3c(C)cc(C)cc3s2)cc1. The van der Waals surface area contributed by atoms with Gasteiger partial charge >= 0.3 is 0 Å². The summed E-state index contributed by atoms with van der Waals surface area (Å²) in [6.07, 6.45) is 6.44. The van der Waals surface area contributed by atoms with Crippen LogP contribution in [0.1, 0.15) is 27.0 Å². The monoisotopic (exact) mass is 532 g/mol. The molecule has 0 saturated heterocycles. The molecule has 0 atom stereocenters. The molecule has 0 aliphatic heterocycles. The maximum absolute atomic E-state index is 13.8. The molecular weight excluding hydrogens is 504 g/mol. The van der Waals surface area contributed by atoms with Gasteiger partial charge in [0.05, 0.1) is 21.7 Å². The number of hydrogen-bond acceptors (Lipinski definition) is 6. The Balaban J connectivity index is 1.71. The van der Waals surface area contributed by atoms with Gasteiger partial charge < -0.3 is 0 Å². The van der Waals surface area contributed by atoms with Gasteiger partial charge in [0, 0.05) is 31.0 Å². The number of aromatic nitrogens is 2. The van der Waals surface area contributed by atoms with Crippen LogP contribution in [0, 0.1) is 13.8 Å². The molecule has 0 radical (unpaired) electrons. The molecular formula is C28H28N4O3S2. The number of pyridine rings is 1. The third-order valence-corrected chi connectivity index (χ3v) is 8.63. The van der Waals surface area contributed by atoms with Crippen LogP contribution in [-0.4, -0.2) is 41.7 Å². The molecule has 1 amide bonds. The van der Waals surface area contributed by atoms with Crippen molar-refractivity contribution in [3.63, 3.8) is 0 Å². The summed E-state index contributed by atoms with van der Waals surface area (Å²) in [6.45, 7) is 11.9. The van der Waals surface area contributed by atoms with Crippen molar-refractivity contribution in [1.82, 2.24) is 14.3 Å². The highest BCUT2D eigenvalue weighted by Gasteiger charge is 2.25. The topological polar surface area (TPSA) is 83.5 Å². The molecule has 4 aromatic rings. The quantitative estimate of drug-likeness (QED) is 0.251. The van der Waals surface area contributed by atoms with Crippen LogP contribution in [0.15, 0.2) is 91.1 Å². The molecule has 0 bridgehead atoms. The van der Waals surface area contributed by atoms with Crippen molar-refractivity contribution in [1.29, 1.82) is 0 Å². The van der Waals surface area contributed by atoms with E-state index >= 15 is 0 Å². The molecule has 2 aromatic carbocycles. The van der Waals surface area contributed by atoms with Crippen LogP contribution in [-0.2, 0) is 16.6 Å². The number of hydrogen-bond donors (Lipinski definition) is 0. The Hall–Kier alpha value is -3.66. The van der Waals surface area contributed by atoms with Crippen LogP contribution in [0.5, 0.6) is 0 Å². The van der Waals surface area contributed by atoms with Crippen LogP contribution >= 0.6 is 11.3 Å². The first-order chi connectivity index (χ1) is 17.7. The van der Waals surface area contributed by atoms with Crippen molar-refractivity contribution in [2.75, 3.05) is 18.0 Å². The molecule has 0 aliphatic carbocycles.